The number of imidazole rings is 1. The van der Waals surface area contributed by atoms with Gasteiger partial charge in [0.05, 0.1) is 0 Å². The molecule has 0 unspecified atom stereocenters. The molecule has 6 nitrogen and oxygen atoms in total. The number of hydrogen-bond donors (Lipinski definition) is 1. The molecule has 20 heavy (non-hydrogen) atoms. The van der Waals surface area contributed by atoms with E-state index in [9.17, 15) is 0 Å². The first-order chi connectivity index (χ1) is 9.76. The van der Waals surface area contributed by atoms with E-state index >= 15 is 0 Å². The van der Waals surface area contributed by atoms with Crippen molar-refractivity contribution in [3.05, 3.63) is 53.4 Å². The van der Waals surface area contributed by atoms with Gasteiger partial charge in [0, 0.05) is 23.0 Å². The van der Waals surface area contributed by atoms with Gasteiger partial charge < -0.3 is 14.1 Å². The maximum absolute atomic E-state index is 9.13. The lowest BCUT2D eigenvalue weighted by Crippen LogP contribution is -2.04. The standard InChI is InChI=1S/C13H11ClN4O2/c14-10-3-1-9(2-4-10)13-17-16-12(20-13)7-18-6-5-15-11(18)8-19/h1-6,19H,7-8H2. The summed E-state index contributed by atoms with van der Waals surface area (Å²) >= 11 is 5.83. The number of aliphatic hydroxyl groups excluding tert-OH is 1. The Morgan fingerprint density at radius 2 is 2.00 bits per heavy atom. The van der Waals surface area contributed by atoms with E-state index in [1.807, 2.05) is 12.1 Å². The number of hydrogen-bond acceptors (Lipinski definition) is 5. The molecule has 0 atom stereocenters. The normalized spacial score (nSPS) is 10.9. The monoisotopic (exact) mass is 290 g/mol. The van der Waals surface area contributed by atoms with Crippen LogP contribution < -0.4 is 0 Å². The van der Waals surface area contributed by atoms with Crippen LogP contribution in [0.1, 0.15) is 11.7 Å². The molecule has 0 aliphatic rings. The van der Waals surface area contributed by atoms with Crippen LogP contribution in [0.3, 0.4) is 0 Å². The molecule has 2 aromatic heterocycles. The Bertz CT molecular complexity index is 705. The number of nitrogens with zero attached hydrogens (tertiary/aromatic N) is 4. The van der Waals surface area contributed by atoms with Gasteiger partial charge in [-0.3, -0.25) is 0 Å². The molecule has 0 radical (unpaired) electrons. The molecule has 0 fully saturated rings. The highest BCUT2D eigenvalue weighted by Crippen LogP contribution is 2.20. The highest BCUT2D eigenvalue weighted by molar-refractivity contribution is 6.30. The topological polar surface area (TPSA) is 77.0 Å². The minimum Gasteiger partial charge on any atom is -0.419 e. The number of benzene rings is 1. The van der Waals surface area contributed by atoms with Crippen molar-refractivity contribution in [2.75, 3.05) is 0 Å². The molecule has 7 heteroatoms. The Morgan fingerprint density at radius 3 is 2.75 bits per heavy atom. The summed E-state index contributed by atoms with van der Waals surface area (Å²) < 4.78 is 7.34. The fourth-order valence-electron chi connectivity index (χ4n) is 1.81. The van der Waals surface area contributed by atoms with Gasteiger partial charge in [0.15, 0.2) is 0 Å². The van der Waals surface area contributed by atoms with E-state index < -0.39 is 0 Å². The summed E-state index contributed by atoms with van der Waals surface area (Å²) in [6.45, 7) is 0.238. The van der Waals surface area contributed by atoms with Crippen LogP contribution in [0, 0.1) is 0 Å². The third-order valence-corrected chi connectivity index (χ3v) is 3.06. The van der Waals surface area contributed by atoms with E-state index in [4.69, 9.17) is 21.1 Å². The molecule has 1 aromatic carbocycles. The van der Waals surface area contributed by atoms with Crippen molar-refractivity contribution >= 4 is 11.6 Å². The Hall–Kier alpha value is -2.18. The Kier molecular flexibility index (Phi) is 3.49. The van der Waals surface area contributed by atoms with Crippen molar-refractivity contribution in [1.82, 2.24) is 19.7 Å². The first-order valence-electron chi connectivity index (χ1n) is 5.95. The summed E-state index contributed by atoms with van der Waals surface area (Å²) in [5.74, 6) is 1.43. The third-order valence-electron chi connectivity index (χ3n) is 2.81. The molecule has 2 heterocycles. The largest absolute Gasteiger partial charge is 0.419 e. The third kappa shape index (κ3) is 2.56. The predicted octanol–water partition coefficient (Wildman–Crippen LogP) is 2.13. The smallest absolute Gasteiger partial charge is 0.247 e. The van der Waals surface area contributed by atoms with Gasteiger partial charge in [0.25, 0.3) is 0 Å². The van der Waals surface area contributed by atoms with Gasteiger partial charge in [-0.2, -0.15) is 0 Å². The van der Waals surface area contributed by atoms with Crippen molar-refractivity contribution in [3.63, 3.8) is 0 Å². The van der Waals surface area contributed by atoms with E-state index in [0.717, 1.165) is 5.56 Å². The van der Waals surface area contributed by atoms with Gasteiger partial charge in [-0.15, -0.1) is 10.2 Å². The van der Waals surface area contributed by atoms with Gasteiger partial charge in [0.2, 0.25) is 11.8 Å². The summed E-state index contributed by atoms with van der Waals surface area (Å²) in [6.07, 6.45) is 3.36. The number of aliphatic hydroxyl groups is 1. The van der Waals surface area contributed by atoms with Crippen LogP contribution in [-0.4, -0.2) is 24.9 Å². The second-order valence-electron chi connectivity index (χ2n) is 4.14. The van der Waals surface area contributed by atoms with Gasteiger partial charge in [-0.25, -0.2) is 4.98 Å². The molecule has 3 rings (SSSR count). The summed E-state index contributed by atoms with van der Waals surface area (Å²) in [6, 6.07) is 7.16. The lowest BCUT2D eigenvalue weighted by Gasteiger charge is -2.01. The highest BCUT2D eigenvalue weighted by atomic mass is 35.5. The second kappa shape index (κ2) is 5.44. The zero-order chi connectivity index (χ0) is 13.9. The Balaban J connectivity index is 1.82. The van der Waals surface area contributed by atoms with Gasteiger partial charge in [0.1, 0.15) is 19.0 Å². The van der Waals surface area contributed by atoms with Gasteiger partial charge in [-0.1, -0.05) is 11.6 Å². The fraction of sp³-hybridized carbons (Fsp3) is 0.154. The van der Waals surface area contributed by atoms with E-state index in [-0.39, 0.29) is 6.61 Å². The summed E-state index contributed by atoms with van der Waals surface area (Å²) in [5.41, 5.74) is 0.807. The van der Waals surface area contributed by atoms with Crippen LogP contribution in [0.15, 0.2) is 41.1 Å². The summed E-state index contributed by atoms with van der Waals surface area (Å²) in [4.78, 5) is 4.01. The van der Waals surface area contributed by atoms with Gasteiger partial charge >= 0.3 is 0 Å². The Morgan fingerprint density at radius 1 is 1.20 bits per heavy atom. The van der Waals surface area contributed by atoms with Crippen LogP contribution >= 0.6 is 11.6 Å². The van der Waals surface area contributed by atoms with E-state index in [1.54, 1.807) is 29.1 Å². The number of rotatable bonds is 4. The molecule has 0 aliphatic carbocycles. The molecule has 0 saturated carbocycles. The van der Waals surface area contributed by atoms with Crippen molar-refractivity contribution in [2.45, 2.75) is 13.2 Å². The van der Waals surface area contributed by atoms with Crippen molar-refractivity contribution in [3.8, 4) is 11.5 Å². The lowest BCUT2D eigenvalue weighted by atomic mass is 10.2. The molecular weight excluding hydrogens is 280 g/mol. The van der Waals surface area contributed by atoms with Crippen LogP contribution in [-0.2, 0) is 13.2 Å². The zero-order valence-corrected chi connectivity index (χ0v) is 11.2. The summed E-state index contributed by atoms with van der Waals surface area (Å²) in [5, 5.41) is 17.8. The quantitative estimate of drug-likeness (QED) is 0.796. The molecule has 1 N–H and O–H groups in total. The maximum atomic E-state index is 9.13. The van der Waals surface area contributed by atoms with E-state index in [0.29, 0.717) is 29.2 Å². The van der Waals surface area contributed by atoms with Crippen LogP contribution in [0.25, 0.3) is 11.5 Å². The second-order valence-corrected chi connectivity index (χ2v) is 4.57. The fourth-order valence-corrected chi connectivity index (χ4v) is 1.93. The minimum atomic E-state index is -0.134. The maximum Gasteiger partial charge on any atom is 0.247 e. The zero-order valence-electron chi connectivity index (χ0n) is 10.4. The number of halogens is 1. The van der Waals surface area contributed by atoms with Gasteiger partial charge in [-0.05, 0) is 24.3 Å². The highest BCUT2D eigenvalue weighted by Gasteiger charge is 2.10. The van der Waals surface area contributed by atoms with E-state index in [1.165, 1.54) is 0 Å². The number of aromatic nitrogens is 4. The molecular formula is C13H11ClN4O2. The summed E-state index contributed by atoms with van der Waals surface area (Å²) in [7, 11) is 0. The first-order valence-corrected chi connectivity index (χ1v) is 6.33. The molecule has 0 amide bonds. The van der Waals surface area contributed by atoms with Crippen LogP contribution in [0.5, 0.6) is 0 Å². The average Bonchev–Trinajstić information content (AvgIpc) is 3.09. The molecule has 0 aliphatic heterocycles. The van der Waals surface area contributed by atoms with E-state index in [2.05, 4.69) is 15.2 Å². The molecule has 0 bridgehead atoms. The molecule has 3 aromatic rings. The Labute approximate surface area is 119 Å². The lowest BCUT2D eigenvalue weighted by molar-refractivity contribution is 0.265. The van der Waals surface area contributed by atoms with Crippen molar-refractivity contribution < 1.29 is 9.52 Å². The SMILES string of the molecule is OCc1nccn1Cc1nnc(-c2ccc(Cl)cc2)o1. The average molecular weight is 291 g/mol. The molecule has 0 spiro atoms. The van der Waals surface area contributed by atoms with Crippen LogP contribution in [0.2, 0.25) is 5.02 Å². The van der Waals surface area contributed by atoms with Crippen molar-refractivity contribution in [1.29, 1.82) is 0 Å². The predicted molar refractivity (Wildman–Crippen MR) is 72.0 cm³/mol. The van der Waals surface area contributed by atoms with Crippen LogP contribution in [0.4, 0.5) is 0 Å². The molecule has 0 saturated heterocycles. The molecule has 102 valence electrons. The first kappa shape index (κ1) is 12.8. The van der Waals surface area contributed by atoms with Crippen molar-refractivity contribution in [2.24, 2.45) is 0 Å². The minimum absolute atomic E-state index is 0.134.